The first-order valence-corrected chi connectivity index (χ1v) is 2.99. The van der Waals surface area contributed by atoms with Crippen LogP contribution in [0.25, 0.3) is 0 Å². The van der Waals surface area contributed by atoms with Crippen molar-refractivity contribution in [2.45, 2.75) is 31.9 Å². The van der Waals surface area contributed by atoms with E-state index >= 15 is 0 Å². The van der Waals surface area contributed by atoms with E-state index in [2.05, 4.69) is 6.58 Å². The van der Waals surface area contributed by atoms with Gasteiger partial charge in [-0.1, -0.05) is 6.08 Å². The van der Waals surface area contributed by atoms with Crippen LogP contribution in [0.15, 0.2) is 12.7 Å². The van der Waals surface area contributed by atoms with Gasteiger partial charge >= 0.3 is 0 Å². The lowest BCUT2D eigenvalue weighted by Crippen LogP contribution is -2.38. The highest BCUT2D eigenvalue weighted by atomic mass is 19.3. The van der Waals surface area contributed by atoms with Crippen molar-refractivity contribution in [3.63, 3.8) is 0 Å². The monoisotopic (exact) mass is 152 g/mol. The van der Waals surface area contributed by atoms with Gasteiger partial charge < -0.3 is 0 Å². The zero-order valence-electron chi connectivity index (χ0n) is 6.13. The van der Waals surface area contributed by atoms with Crippen molar-refractivity contribution >= 4 is 0 Å². The van der Waals surface area contributed by atoms with Crippen LogP contribution in [0, 0.1) is 0 Å². The molecule has 0 saturated carbocycles. The standard InChI is InChI=1S/C7H11F3/c1-4-5-6(2,8)7(3,9)10/h4H,1,5H2,2-3H3. The zero-order valence-corrected chi connectivity index (χ0v) is 6.13. The number of hydrogen-bond acceptors (Lipinski definition) is 0. The predicted octanol–water partition coefficient (Wildman–Crippen LogP) is 2.95. The fourth-order valence-electron chi connectivity index (χ4n) is 0.450. The second-order valence-electron chi connectivity index (χ2n) is 2.58. The Bertz CT molecular complexity index is 121. The molecule has 0 aromatic carbocycles. The third-order valence-corrected chi connectivity index (χ3v) is 1.44. The molecule has 1 atom stereocenters. The Morgan fingerprint density at radius 1 is 1.30 bits per heavy atom. The predicted molar refractivity (Wildman–Crippen MR) is 34.9 cm³/mol. The molecule has 0 aliphatic rings. The molecule has 0 spiro atoms. The van der Waals surface area contributed by atoms with E-state index in [0.717, 1.165) is 13.0 Å². The first-order chi connectivity index (χ1) is 4.31. The van der Waals surface area contributed by atoms with E-state index in [1.165, 1.54) is 0 Å². The van der Waals surface area contributed by atoms with Crippen LogP contribution in [0.5, 0.6) is 0 Å². The first-order valence-electron chi connectivity index (χ1n) is 2.99. The van der Waals surface area contributed by atoms with Crippen molar-refractivity contribution in [3.05, 3.63) is 12.7 Å². The summed E-state index contributed by atoms with van der Waals surface area (Å²) in [4.78, 5) is 0. The van der Waals surface area contributed by atoms with Gasteiger partial charge in [-0.15, -0.1) is 6.58 Å². The molecule has 0 radical (unpaired) electrons. The van der Waals surface area contributed by atoms with Crippen molar-refractivity contribution in [2.24, 2.45) is 0 Å². The van der Waals surface area contributed by atoms with Gasteiger partial charge in [0.2, 0.25) is 0 Å². The number of alkyl halides is 3. The molecule has 0 amide bonds. The summed E-state index contributed by atoms with van der Waals surface area (Å²) >= 11 is 0. The van der Waals surface area contributed by atoms with E-state index in [-0.39, 0.29) is 6.42 Å². The Morgan fingerprint density at radius 2 is 1.70 bits per heavy atom. The zero-order chi connectivity index (χ0) is 8.41. The van der Waals surface area contributed by atoms with Crippen molar-refractivity contribution in [3.8, 4) is 0 Å². The second kappa shape index (κ2) is 2.64. The first kappa shape index (κ1) is 9.53. The summed E-state index contributed by atoms with van der Waals surface area (Å²) in [5.74, 6) is -3.29. The molecule has 0 aliphatic carbocycles. The van der Waals surface area contributed by atoms with Crippen molar-refractivity contribution in [1.82, 2.24) is 0 Å². The lowest BCUT2D eigenvalue weighted by atomic mass is 9.98. The van der Waals surface area contributed by atoms with Crippen LogP contribution < -0.4 is 0 Å². The summed E-state index contributed by atoms with van der Waals surface area (Å²) in [6.45, 7) is 4.62. The minimum atomic E-state index is -3.29. The molecule has 0 N–H and O–H groups in total. The molecule has 0 rings (SSSR count). The molecule has 0 aromatic heterocycles. The normalized spacial score (nSPS) is 18.1. The SMILES string of the molecule is C=CCC(C)(F)C(C)(F)F. The van der Waals surface area contributed by atoms with E-state index in [0.29, 0.717) is 6.92 Å². The topological polar surface area (TPSA) is 0 Å². The highest BCUT2D eigenvalue weighted by Crippen LogP contribution is 2.34. The van der Waals surface area contributed by atoms with Gasteiger partial charge in [0.1, 0.15) is 0 Å². The highest BCUT2D eigenvalue weighted by molar-refractivity contribution is 4.91. The smallest absolute Gasteiger partial charge is 0.237 e. The van der Waals surface area contributed by atoms with Gasteiger partial charge in [-0.25, -0.2) is 13.2 Å². The molecule has 3 heteroatoms. The molecule has 0 aromatic rings. The summed E-state index contributed by atoms with van der Waals surface area (Å²) in [6.07, 6.45) is 0.827. The van der Waals surface area contributed by atoms with Gasteiger partial charge in [0.25, 0.3) is 5.92 Å². The minimum absolute atomic E-state index is 0.323. The Hall–Kier alpha value is -0.470. The fraction of sp³-hybridized carbons (Fsp3) is 0.714. The Balaban J connectivity index is 4.23. The molecule has 0 aliphatic heterocycles. The molecule has 0 nitrogen and oxygen atoms in total. The Labute approximate surface area is 58.7 Å². The van der Waals surface area contributed by atoms with Crippen LogP contribution in [0.3, 0.4) is 0 Å². The van der Waals surface area contributed by atoms with Gasteiger partial charge in [-0.3, -0.25) is 0 Å². The molecule has 60 valence electrons. The van der Waals surface area contributed by atoms with Crippen LogP contribution in [-0.4, -0.2) is 11.6 Å². The average molecular weight is 152 g/mol. The van der Waals surface area contributed by atoms with E-state index < -0.39 is 11.6 Å². The van der Waals surface area contributed by atoms with Gasteiger partial charge in [-0.05, 0) is 6.92 Å². The summed E-state index contributed by atoms with van der Waals surface area (Å²) in [5, 5.41) is 0. The summed E-state index contributed by atoms with van der Waals surface area (Å²) in [5.41, 5.74) is -2.46. The van der Waals surface area contributed by atoms with Gasteiger partial charge in [0.05, 0.1) is 0 Å². The average Bonchev–Trinajstić information content (AvgIpc) is 1.61. The molecule has 10 heavy (non-hydrogen) atoms. The minimum Gasteiger partial charge on any atom is -0.237 e. The third-order valence-electron chi connectivity index (χ3n) is 1.44. The van der Waals surface area contributed by atoms with E-state index in [4.69, 9.17) is 0 Å². The molecule has 1 unspecified atom stereocenters. The largest absolute Gasteiger partial charge is 0.278 e. The lowest BCUT2D eigenvalue weighted by Gasteiger charge is -2.25. The fourth-order valence-corrected chi connectivity index (χ4v) is 0.450. The van der Waals surface area contributed by atoms with Crippen LogP contribution in [0.1, 0.15) is 20.3 Å². The van der Waals surface area contributed by atoms with Crippen LogP contribution in [0.2, 0.25) is 0 Å². The van der Waals surface area contributed by atoms with Gasteiger partial charge in [0.15, 0.2) is 5.67 Å². The summed E-state index contributed by atoms with van der Waals surface area (Å²) in [6, 6.07) is 0. The van der Waals surface area contributed by atoms with E-state index in [1.807, 2.05) is 0 Å². The third kappa shape index (κ3) is 2.05. The molecule has 0 saturated heterocycles. The Morgan fingerprint density at radius 3 is 1.80 bits per heavy atom. The molecule has 0 bridgehead atoms. The van der Waals surface area contributed by atoms with Crippen LogP contribution in [-0.2, 0) is 0 Å². The number of allylic oxidation sites excluding steroid dienone is 1. The van der Waals surface area contributed by atoms with Gasteiger partial charge in [0, 0.05) is 13.3 Å². The maximum Gasteiger partial charge on any atom is 0.278 e. The number of hydrogen-bond donors (Lipinski definition) is 0. The van der Waals surface area contributed by atoms with Gasteiger partial charge in [-0.2, -0.15) is 0 Å². The van der Waals surface area contributed by atoms with Crippen LogP contribution >= 0.6 is 0 Å². The van der Waals surface area contributed by atoms with Crippen molar-refractivity contribution < 1.29 is 13.2 Å². The van der Waals surface area contributed by atoms with E-state index in [9.17, 15) is 13.2 Å². The molecular weight excluding hydrogens is 141 g/mol. The summed E-state index contributed by atoms with van der Waals surface area (Å²) in [7, 11) is 0. The molecule has 0 fully saturated rings. The van der Waals surface area contributed by atoms with E-state index in [1.54, 1.807) is 0 Å². The highest BCUT2D eigenvalue weighted by Gasteiger charge is 2.45. The second-order valence-corrected chi connectivity index (χ2v) is 2.58. The molecular formula is C7H11F3. The Kier molecular flexibility index (Phi) is 2.52. The summed E-state index contributed by atoms with van der Waals surface area (Å²) < 4.78 is 37.3. The molecule has 0 heterocycles. The number of halogens is 3. The maximum atomic E-state index is 12.8. The van der Waals surface area contributed by atoms with Crippen molar-refractivity contribution in [2.75, 3.05) is 0 Å². The maximum absolute atomic E-state index is 12.8. The quantitative estimate of drug-likeness (QED) is 0.545. The number of rotatable bonds is 3. The van der Waals surface area contributed by atoms with Crippen LogP contribution in [0.4, 0.5) is 13.2 Å². The lowest BCUT2D eigenvalue weighted by molar-refractivity contribution is -0.112. The van der Waals surface area contributed by atoms with Crippen molar-refractivity contribution in [1.29, 1.82) is 0 Å².